The van der Waals surface area contributed by atoms with Crippen molar-refractivity contribution in [1.82, 2.24) is 9.03 Å². The first-order valence-electron chi connectivity index (χ1n) is 6.60. The highest BCUT2D eigenvalue weighted by Crippen LogP contribution is 2.16. The minimum Gasteiger partial charge on any atom is -0.389 e. The molecule has 0 bridgehead atoms. The molecule has 2 N–H and O–H groups in total. The van der Waals surface area contributed by atoms with Crippen molar-refractivity contribution in [2.45, 2.75) is 25.6 Å². The summed E-state index contributed by atoms with van der Waals surface area (Å²) in [6.07, 6.45) is -0.775. The average Bonchev–Trinajstić information content (AvgIpc) is 2.85. The van der Waals surface area contributed by atoms with Gasteiger partial charge in [0.15, 0.2) is 0 Å². The molecule has 20 heavy (non-hydrogen) atoms. The predicted octanol–water partition coefficient (Wildman–Crippen LogP) is 0.103. The van der Waals surface area contributed by atoms with Crippen molar-refractivity contribution in [3.63, 3.8) is 0 Å². The van der Waals surface area contributed by atoms with Crippen molar-refractivity contribution in [2.75, 3.05) is 19.8 Å². The zero-order valence-electron chi connectivity index (χ0n) is 11.4. The maximum Gasteiger partial charge on any atom is 0.280 e. The van der Waals surface area contributed by atoms with Gasteiger partial charge in [0.2, 0.25) is 0 Å². The van der Waals surface area contributed by atoms with E-state index in [1.54, 1.807) is 6.92 Å². The fourth-order valence-corrected chi connectivity index (χ4v) is 3.66. The first kappa shape index (κ1) is 15.4. The Kier molecular flexibility index (Phi) is 5.11. The monoisotopic (exact) mass is 300 g/mol. The van der Waals surface area contributed by atoms with Gasteiger partial charge in [-0.2, -0.15) is 17.4 Å². The SMILES string of the molecule is CCN([C@H]1COC[C@@H]1O)S(=O)(=O)NCc1ccccc1. The maximum atomic E-state index is 12.3. The van der Waals surface area contributed by atoms with Gasteiger partial charge in [0.1, 0.15) is 0 Å². The van der Waals surface area contributed by atoms with Gasteiger partial charge in [0, 0.05) is 13.1 Å². The molecule has 0 saturated carbocycles. The van der Waals surface area contributed by atoms with E-state index >= 15 is 0 Å². The minimum atomic E-state index is -3.64. The molecule has 1 fully saturated rings. The van der Waals surface area contributed by atoms with E-state index in [2.05, 4.69) is 4.72 Å². The molecule has 112 valence electrons. The first-order chi connectivity index (χ1) is 9.54. The lowest BCUT2D eigenvalue weighted by molar-refractivity contribution is 0.112. The number of aliphatic hydroxyl groups excluding tert-OH is 1. The lowest BCUT2D eigenvalue weighted by Crippen LogP contribution is -2.50. The Labute approximate surface area is 119 Å². The summed E-state index contributed by atoms with van der Waals surface area (Å²) >= 11 is 0. The van der Waals surface area contributed by atoms with Crippen LogP contribution in [0.5, 0.6) is 0 Å². The van der Waals surface area contributed by atoms with E-state index in [0.29, 0.717) is 0 Å². The lowest BCUT2D eigenvalue weighted by Gasteiger charge is -2.27. The van der Waals surface area contributed by atoms with Crippen LogP contribution >= 0.6 is 0 Å². The fourth-order valence-electron chi connectivity index (χ4n) is 2.24. The summed E-state index contributed by atoms with van der Waals surface area (Å²) in [5, 5.41) is 9.78. The number of hydrogen-bond acceptors (Lipinski definition) is 4. The van der Waals surface area contributed by atoms with E-state index in [4.69, 9.17) is 4.74 Å². The molecule has 2 atom stereocenters. The molecule has 6 nitrogen and oxygen atoms in total. The van der Waals surface area contributed by atoms with Crippen LogP contribution in [0, 0.1) is 0 Å². The Hall–Kier alpha value is -0.990. The Bertz CT molecular complexity index is 520. The van der Waals surface area contributed by atoms with Gasteiger partial charge in [-0.25, -0.2) is 0 Å². The van der Waals surface area contributed by atoms with Gasteiger partial charge in [-0.3, -0.25) is 0 Å². The molecule has 1 saturated heterocycles. The summed E-state index contributed by atoms with van der Waals surface area (Å²) in [5.74, 6) is 0. The molecule has 0 spiro atoms. The predicted molar refractivity (Wildman–Crippen MR) is 75.2 cm³/mol. The molecule has 1 aromatic carbocycles. The quantitative estimate of drug-likeness (QED) is 0.781. The molecule has 1 heterocycles. The zero-order chi connectivity index (χ0) is 14.6. The number of rotatable bonds is 6. The van der Waals surface area contributed by atoms with Crippen LogP contribution in [-0.4, -0.2) is 49.7 Å². The summed E-state index contributed by atoms with van der Waals surface area (Å²) < 4.78 is 33.6. The third-order valence-corrected chi connectivity index (χ3v) is 4.97. The topological polar surface area (TPSA) is 78.9 Å². The highest BCUT2D eigenvalue weighted by atomic mass is 32.2. The van der Waals surface area contributed by atoms with E-state index < -0.39 is 22.4 Å². The molecule has 0 unspecified atom stereocenters. The second-order valence-electron chi connectivity index (χ2n) is 4.69. The summed E-state index contributed by atoms with van der Waals surface area (Å²) in [6, 6.07) is 8.78. The number of benzene rings is 1. The second-order valence-corrected chi connectivity index (χ2v) is 6.40. The van der Waals surface area contributed by atoms with E-state index in [1.165, 1.54) is 4.31 Å². The zero-order valence-corrected chi connectivity index (χ0v) is 12.2. The van der Waals surface area contributed by atoms with Crippen molar-refractivity contribution in [2.24, 2.45) is 0 Å². The van der Waals surface area contributed by atoms with E-state index in [0.717, 1.165) is 5.56 Å². The highest BCUT2D eigenvalue weighted by Gasteiger charge is 2.37. The largest absolute Gasteiger partial charge is 0.389 e. The van der Waals surface area contributed by atoms with Crippen molar-refractivity contribution in [1.29, 1.82) is 0 Å². The van der Waals surface area contributed by atoms with Crippen molar-refractivity contribution < 1.29 is 18.3 Å². The van der Waals surface area contributed by atoms with Crippen LogP contribution in [0.4, 0.5) is 0 Å². The summed E-state index contributed by atoms with van der Waals surface area (Å²) in [6.45, 7) is 2.65. The maximum absolute atomic E-state index is 12.3. The highest BCUT2D eigenvalue weighted by molar-refractivity contribution is 7.87. The average molecular weight is 300 g/mol. The molecule has 1 aromatic rings. The smallest absolute Gasteiger partial charge is 0.280 e. The van der Waals surface area contributed by atoms with Crippen LogP contribution in [0.1, 0.15) is 12.5 Å². The van der Waals surface area contributed by atoms with Gasteiger partial charge < -0.3 is 9.84 Å². The van der Waals surface area contributed by atoms with Gasteiger partial charge in [0.25, 0.3) is 10.2 Å². The number of nitrogens with zero attached hydrogens (tertiary/aromatic N) is 1. The van der Waals surface area contributed by atoms with Gasteiger partial charge >= 0.3 is 0 Å². The second kappa shape index (κ2) is 6.64. The summed E-state index contributed by atoms with van der Waals surface area (Å²) in [5.41, 5.74) is 0.885. The fraction of sp³-hybridized carbons (Fsp3) is 0.538. The van der Waals surface area contributed by atoms with Crippen LogP contribution in [0.3, 0.4) is 0 Å². The molecule has 1 aliphatic heterocycles. The van der Waals surface area contributed by atoms with Gasteiger partial charge in [0.05, 0.1) is 25.4 Å². The van der Waals surface area contributed by atoms with Crippen LogP contribution in [0.15, 0.2) is 30.3 Å². The first-order valence-corrected chi connectivity index (χ1v) is 8.04. The van der Waals surface area contributed by atoms with Gasteiger partial charge in [-0.05, 0) is 5.56 Å². The van der Waals surface area contributed by atoms with Crippen LogP contribution in [0.2, 0.25) is 0 Å². The molecule has 0 aromatic heterocycles. The molecule has 0 amide bonds. The molecular formula is C13H20N2O4S. The van der Waals surface area contributed by atoms with E-state index in [1.807, 2.05) is 30.3 Å². The Morgan fingerprint density at radius 2 is 2.05 bits per heavy atom. The third kappa shape index (κ3) is 3.56. The Balaban J connectivity index is 2.04. The summed E-state index contributed by atoms with van der Waals surface area (Å²) in [7, 11) is -3.64. The van der Waals surface area contributed by atoms with Crippen LogP contribution < -0.4 is 4.72 Å². The normalized spacial score (nSPS) is 23.4. The molecule has 2 rings (SSSR count). The van der Waals surface area contributed by atoms with Crippen molar-refractivity contribution in [3.8, 4) is 0 Å². The number of hydrogen-bond donors (Lipinski definition) is 2. The number of ether oxygens (including phenoxy) is 1. The molecule has 1 aliphatic rings. The van der Waals surface area contributed by atoms with E-state index in [9.17, 15) is 13.5 Å². The van der Waals surface area contributed by atoms with Gasteiger partial charge in [-0.1, -0.05) is 37.3 Å². The molecule has 0 aliphatic carbocycles. The lowest BCUT2D eigenvalue weighted by atomic mass is 10.2. The number of nitrogens with one attached hydrogen (secondary N) is 1. The molecular weight excluding hydrogens is 280 g/mol. The van der Waals surface area contributed by atoms with Gasteiger partial charge in [-0.15, -0.1) is 0 Å². The minimum absolute atomic E-state index is 0.176. The van der Waals surface area contributed by atoms with E-state index in [-0.39, 0.29) is 26.3 Å². The summed E-state index contributed by atoms with van der Waals surface area (Å²) in [4.78, 5) is 0. The Morgan fingerprint density at radius 1 is 1.35 bits per heavy atom. The number of aliphatic hydroxyl groups is 1. The Morgan fingerprint density at radius 3 is 2.60 bits per heavy atom. The van der Waals surface area contributed by atoms with Crippen molar-refractivity contribution >= 4 is 10.2 Å². The van der Waals surface area contributed by atoms with Crippen LogP contribution in [-0.2, 0) is 21.5 Å². The molecule has 7 heteroatoms. The number of likely N-dealkylation sites (N-methyl/N-ethyl adjacent to an activating group) is 1. The molecule has 0 radical (unpaired) electrons. The standard InChI is InChI=1S/C13H20N2O4S/c1-2-15(12-9-19-10-13(12)16)20(17,18)14-8-11-6-4-3-5-7-11/h3-7,12-14,16H,2,8-10H2,1H3/t12-,13-/m0/s1. The third-order valence-electron chi connectivity index (χ3n) is 3.31. The van der Waals surface area contributed by atoms with Crippen molar-refractivity contribution in [3.05, 3.63) is 35.9 Å². The van der Waals surface area contributed by atoms with Crippen LogP contribution in [0.25, 0.3) is 0 Å².